The number of ketones is 2. The highest BCUT2D eigenvalue weighted by atomic mass is 19.4. The van der Waals surface area contributed by atoms with Crippen molar-refractivity contribution < 1.29 is 56.4 Å². The third-order valence-corrected chi connectivity index (χ3v) is 8.42. The van der Waals surface area contributed by atoms with Crippen LogP contribution in [-0.4, -0.2) is 73.7 Å². The zero-order valence-corrected chi connectivity index (χ0v) is 29.2. The summed E-state index contributed by atoms with van der Waals surface area (Å²) in [6.07, 6.45) is -2.01. The highest BCUT2D eigenvalue weighted by Gasteiger charge is 2.34. The van der Waals surface area contributed by atoms with Gasteiger partial charge in [-0.15, -0.1) is 13.2 Å². The highest BCUT2D eigenvalue weighted by Crippen LogP contribution is 2.29. The van der Waals surface area contributed by atoms with Crippen LogP contribution >= 0.6 is 0 Å². The molecule has 12 nitrogen and oxygen atoms in total. The lowest BCUT2D eigenvalue weighted by Crippen LogP contribution is -2.37. The number of halogens is 3. The van der Waals surface area contributed by atoms with E-state index in [0.29, 0.717) is 11.1 Å². The Morgan fingerprint density at radius 3 is 2.33 bits per heavy atom. The molecule has 3 rings (SSSR count). The number of rotatable bonds is 7. The van der Waals surface area contributed by atoms with Gasteiger partial charge in [-0.1, -0.05) is 50.3 Å². The molecule has 0 radical (unpaired) electrons. The molecule has 0 saturated carbocycles. The van der Waals surface area contributed by atoms with Gasteiger partial charge in [0.1, 0.15) is 11.9 Å². The number of aliphatic hydroxyl groups is 1. The van der Waals surface area contributed by atoms with Gasteiger partial charge in [0.2, 0.25) is 11.6 Å². The number of allylic oxidation sites excluding steroid dienone is 4. The van der Waals surface area contributed by atoms with E-state index in [0.717, 1.165) is 18.2 Å². The maximum absolute atomic E-state index is 13.9. The summed E-state index contributed by atoms with van der Waals surface area (Å²) in [4.78, 5) is 52.3. The van der Waals surface area contributed by atoms with E-state index in [2.05, 4.69) is 15.4 Å². The van der Waals surface area contributed by atoms with Gasteiger partial charge in [0.05, 0.1) is 23.6 Å². The van der Waals surface area contributed by atoms with Gasteiger partial charge in [0.25, 0.3) is 5.91 Å². The Labute approximate surface area is 294 Å². The fourth-order valence-corrected chi connectivity index (χ4v) is 5.78. The number of aliphatic hydroxyl groups excluding tert-OH is 1. The number of hydrogen-bond acceptors (Lipinski definition) is 10. The summed E-state index contributed by atoms with van der Waals surface area (Å²) >= 11 is 0. The molecular formula is C36H44F3N3O9. The minimum Gasteiger partial charge on any atom is -0.439 e. The molecule has 1 aromatic carbocycles. The molecule has 51 heavy (non-hydrogen) atoms. The molecule has 0 unspecified atom stereocenters. The second kappa shape index (κ2) is 18.0. The molecule has 5 N–H and O–H groups in total. The van der Waals surface area contributed by atoms with Crippen molar-refractivity contribution in [3.05, 3.63) is 88.3 Å². The van der Waals surface area contributed by atoms with E-state index in [1.165, 1.54) is 45.4 Å². The molecule has 2 amide bonds. The van der Waals surface area contributed by atoms with Crippen LogP contribution in [0.25, 0.3) is 0 Å². The van der Waals surface area contributed by atoms with Crippen LogP contribution in [0.5, 0.6) is 5.75 Å². The zero-order chi connectivity index (χ0) is 38.0. The number of Topliss-reactive ketones (excluding diaryl/α,β-unsaturated/α-hetero) is 1. The molecule has 1 heterocycles. The summed E-state index contributed by atoms with van der Waals surface area (Å²) in [6, 6.07) is 5.02. The predicted octanol–water partition coefficient (Wildman–Crippen LogP) is 4.45. The fraction of sp³-hybridized carbons (Fsp3) is 0.444. The summed E-state index contributed by atoms with van der Waals surface area (Å²) in [5.74, 6) is -3.17. The van der Waals surface area contributed by atoms with Crippen LogP contribution in [0.3, 0.4) is 0 Å². The number of methoxy groups -OCH3 is 2. The summed E-state index contributed by atoms with van der Waals surface area (Å²) in [6.45, 7) is 6.73. The third kappa shape index (κ3) is 11.7. The van der Waals surface area contributed by atoms with E-state index >= 15 is 0 Å². The monoisotopic (exact) mass is 719 g/mol. The topological polar surface area (TPSA) is 176 Å². The van der Waals surface area contributed by atoms with Crippen LogP contribution < -0.4 is 21.1 Å². The van der Waals surface area contributed by atoms with Gasteiger partial charge in [0, 0.05) is 43.9 Å². The number of carbonyl (C=O) groups is 4. The van der Waals surface area contributed by atoms with Crippen molar-refractivity contribution in [2.75, 3.05) is 14.2 Å². The minimum absolute atomic E-state index is 0.0201. The molecule has 1 aromatic rings. The van der Waals surface area contributed by atoms with E-state index in [1.54, 1.807) is 26.0 Å². The van der Waals surface area contributed by atoms with Crippen LogP contribution in [0.15, 0.2) is 82.8 Å². The third-order valence-electron chi connectivity index (χ3n) is 8.42. The maximum Gasteiger partial charge on any atom is 0.573 e. The average molecular weight is 720 g/mol. The van der Waals surface area contributed by atoms with Crippen molar-refractivity contribution in [1.82, 2.24) is 10.6 Å². The first-order valence-corrected chi connectivity index (χ1v) is 16.1. The summed E-state index contributed by atoms with van der Waals surface area (Å²) in [5.41, 5.74) is 6.34. The maximum atomic E-state index is 13.9. The van der Waals surface area contributed by atoms with Gasteiger partial charge in [-0.25, -0.2) is 4.79 Å². The number of primary amides is 1. The van der Waals surface area contributed by atoms with Gasteiger partial charge in [0.15, 0.2) is 6.10 Å². The smallest absolute Gasteiger partial charge is 0.439 e. The lowest BCUT2D eigenvalue weighted by molar-refractivity contribution is -0.274. The van der Waals surface area contributed by atoms with E-state index in [1.807, 2.05) is 6.92 Å². The number of nitrogens with two attached hydrogens (primary N) is 1. The van der Waals surface area contributed by atoms with Crippen molar-refractivity contribution >= 4 is 23.6 Å². The highest BCUT2D eigenvalue weighted by molar-refractivity contribution is 6.23. The largest absolute Gasteiger partial charge is 0.573 e. The number of benzene rings is 1. The Morgan fingerprint density at radius 1 is 1.08 bits per heavy atom. The zero-order valence-electron chi connectivity index (χ0n) is 29.2. The Hall–Kier alpha value is -4.73. The first-order valence-electron chi connectivity index (χ1n) is 16.1. The Morgan fingerprint density at radius 2 is 1.75 bits per heavy atom. The summed E-state index contributed by atoms with van der Waals surface area (Å²) in [5, 5.41) is 16.8. The van der Waals surface area contributed by atoms with Gasteiger partial charge < -0.3 is 40.4 Å². The van der Waals surface area contributed by atoms with Crippen LogP contribution in [-0.2, 0) is 35.1 Å². The van der Waals surface area contributed by atoms with Gasteiger partial charge in [-0.3, -0.25) is 14.4 Å². The van der Waals surface area contributed by atoms with E-state index < -0.39 is 66.0 Å². The van der Waals surface area contributed by atoms with Gasteiger partial charge in [-0.2, -0.15) is 0 Å². The van der Waals surface area contributed by atoms with Crippen LogP contribution in [0.1, 0.15) is 46.1 Å². The average Bonchev–Trinajstić information content (AvgIpc) is 3.05. The lowest BCUT2D eigenvalue weighted by Gasteiger charge is -2.30. The van der Waals surface area contributed by atoms with E-state index in [9.17, 15) is 37.5 Å². The fourth-order valence-electron chi connectivity index (χ4n) is 5.78. The Kier molecular flexibility index (Phi) is 14.3. The molecular weight excluding hydrogens is 675 g/mol. The molecule has 2 bridgehead atoms. The van der Waals surface area contributed by atoms with Gasteiger partial charge in [-0.05, 0) is 55.9 Å². The molecule has 0 aromatic heterocycles. The van der Waals surface area contributed by atoms with Crippen LogP contribution in [0.2, 0.25) is 0 Å². The lowest BCUT2D eigenvalue weighted by atomic mass is 9.85. The number of ether oxygens (including phenoxy) is 4. The van der Waals surface area contributed by atoms with Crippen molar-refractivity contribution in [3.8, 4) is 5.75 Å². The SMILES string of the molecule is CO[C@H]1/C=C\C=C(/C)C(=O)NC2=CC(=O)C(NCc3ccc(OC(F)(F)F)cc3)=C(C[C@@H](C)C[C@H](OC)[C@H](O)[C@@H](C)/C=C(\C)[C@@H]1OC(N)=O)C2=O. The summed E-state index contributed by atoms with van der Waals surface area (Å²) in [7, 11) is 2.83. The number of fused-ring (bicyclic) bond motifs is 2. The minimum atomic E-state index is -4.85. The number of alkyl halides is 3. The Bertz CT molecular complexity index is 1610. The molecule has 0 fully saturated rings. The van der Waals surface area contributed by atoms with E-state index in [4.69, 9.17) is 19.9 Å². The standard InChI is InChI=1S/C36H44F3N3O9/c1-19-14-25-30(41-18-23-10-12-24(13-11-23)51-36(37,38)39)27(43)17-26(32(25)45)42-34(46)20(2)8-7-9-28(48-5)33(50-35(40)47)22(4)16-21(3)31(44)29(15-19)49-6/h7-13,16-17,19,21,28-29,31,33,41,44H,14-15,18H2,1-6H3,(H2,40,47)(H,42,46)/b9-7-,20-8+,22-16+/t19-,21+,28+,29+,31-,33+/m1/s1. The molecule has 15 heteroatoms. The predicted molar refractivity (Wildman–Crippen MR) is 180 cm³/mol. The Balaban J connectivity index is 2.02. The molecule has 2 aliphatic rings. The normalized spacial score (nSPS) is 28.4. The molecule has 1 aliphatic heterocycles. The first kappa shape index (κ1) is 40.7. The number of hydrogen-bond donors (Lipinski definition) is 4. The van der Waals surface area contributed by atoms with Crippen molar-refractivity contribution in [1.29, 1.82) is 0 Å². The molecule has 0 spiro atoms. The number of nitrogens with one attached hydrogen (secondary N) is 2. The second-order valence-electron chi connectivity index (χ2n) is 12.5. The van der Waals surface area contributed by atoms with Crippen molar-refractivity contribution in [2.24, 2.45) is 17.6 Å². The van der Waals surface area contributed by atoms with Crippen molar-refractivity contribution in [3.63, 3.8) is 0 Å². The molecule has 1 aliphatic carbocycles. The van der Waals surface area contributed by atoms with E-state index in [-0.39, 0.29) is 47.8 Å². The molecule has 278 valence electrons. The summed E-state index contributed by atoms with van der Waals surface area (Å²) < 4.78 is 58.3. The number of carbonyl (C=O) groups excluding carboxylic acids is 4. The number of amides is 2. The van der Waals surface area contributed by atoms with Gasteiger partial charge >= 0.3 is 12.5 Å². The second-order valence-corrected chi connectivity index (χ2v) is 12.5. The first-order chi connectivity index (χ1) is 23.9. The van der Waals surface area contributed by atoms with Crippen LogP contribution in [0, 0.1) is 11.8 Å². The quantitative estimate of drug-likeness (QED) is 0.233. The van der Waals surface area contributed by atoms with Crippen LogP contribution in [0.4, 0.5) is 18.0 Å². The van der Waals surface area contributed by atoms with Crippen molar-refractivity contribution in [2.45, 2.75) is 77.9 Å². The molecule has 6 atom stereocenters. The molecule has 0 saturated heterocycles.